The Kier molecular flexibility index (Phi) is 9.21. The number of imidazole rings is 1. The van der Waals surface area contributed by atoms with Crippen LogP contribution in [0.4, 0.5) is 0 Å². The molecule has 0 saturated carbocycles. The maximum absolute atomic E-state index is 9.27. The van der Waals surface area contributed by atoms with Crippen LogP contribution in [0.5, 0.6) is 11.5 Å². The van der Waals surface area contributed by atoms with Gasteiger partial charge < -0.3 is 18.4 Å². The van der Waals surface area contributed by atoms with E-state index in [2.05, 4.69) is 85.1 Å². The Bertz CT molecular complexity index is 5050. The molecule has 0 atom stereocenters. The minimum Gasteiger partial charge on any atom is -0.510 e. The van der Waals surface area contributed by atoms with Crippen molar-refractivity contribution in [2.45, 2.75) is 65.7 Å². The van der Waals surface area contributed by atoms with Crippen LogP contribution in [0.3, 0.4) is 0 Å². The normalized spacial score (nSPS) is 14.4. The molecule has 0 unspecified atom stereocenters. The van der Waals surface area contributed by atoms with Crippen LogP contribution in [-0.2, 0) is 38.3 Å². The second-order valence-corrected chi connectivity index (χ2v) is 21.0. The van der Waals surface area contributed by atoms with Gasteiger partial charge in [0.1, 0.15) is 5.82 Å². The summed E-state index contributed by atoms with van der Waals surface area (Å²) in [7, 11) is 0. The molecule has 0 aliphatic carbocycles. The van der Waals surface area contributed by atoms with E-state index in [1.807, 2.05) is 92.6 Å². The monoisotopic (exact) mass is 1190 g/mol. The molecule has 9 aromatic carbocycles. The third-order valence-electron chi connectivity index (χ3n) is 14.2. The molecular formula is C70H57N5OPt-2. The molecule has 0 N–H and O–H groups in total. The summed E-state index contributed by atoms with van der Waals surface area (Å²) in [6, 6.07) is 39.9. The molecule has 0 saturated heterocycles. The number of nitrogens with zero attached hydrogens (tertiary/aromatic N) is 5. The number of hydrogen-bond donors (Lipinski definition) is 0. The Morgan fingerprint density at radius 1 is 0.558 bits per heavy atom. The average Bonchev–Trinajstić information content (AvgIpc) is 1.60. The molecule has 13 aromatic rings. The zero-order valence-electron chi connectivity index (χ0n) is 56.3. The number of aromatic nitrogens is 5. The summed E-state index contributed by atoms with van der Waals surface area (Å²) >= 11 is 0. The fourth-order valence-electron chi connectivity index (χ4n) is 10.2. The number of pyridine rings is 1. The van der Waals surface area contributed by atoms with Crippen molar-refractivity contribution in [3.05, 3.63) is 241 Å². The van der Waals surface area contributed by atoms with Gasteiger partial charge in [-0.05, 0) is 110 Å². The minimum atomic E-state index is -0.520. The maximum Gasteiger partial charge on any atom is 0.268 e. The standard InChI is InChI=1S/C70H57N5O.Pt/c1-8-46-36-37-71-67(38-46)75-63-35-32-52(74-61-28-14-12-24-57(61)58-25-13-15-29-62(58)74)43-60(63)59-34-33-54(44-66(59)75)76-53-23-18-22-51(42-53)72-45-73(65-31-17-16-30-64(65)72)68-55(47-20-10-9-11-21-47)26-19-27-56(68)48-39-49(69(2,3)4)41-50(40-48)70(5,6)7;/h9-41,43H,8H2,1-7H3;/q-2;/i9D,10D,11D,12D,13D,14D,15D,20D,21D,24D,25D,28D,29D;. The Labute approximate surface area is 483 Å². The molecule has 0 aliphatic heterocycles. The van der Waals surface area contributed by atoms with E-state index in [9.17, 15) is 2.74 Å². The first-order valence-electron chi connectivity index (χ1n) is 31.8. The molecule has 4 heterocycles. The van der Waals surface area contributed by atoms with Crippen LogP contribution in [0.25, 0.3) is 99.8 Å². The van der Waals surface area contributed by atoms with Crippen LogP contribution >= 0.6 is 0 Å². The molecule has 0 radical (unpaired) electrons. The van der Waals surface area contributed by atoms with Crippen molar-refractivity contribution in [2.24, 2.45) is 0 Å². The van der Waals surface area contributed by atoms with Crippen molar-refractivity contribution in [3.8, 4) is 56.6 Å². The molecule has 380 valence electrons. The molecule has 0 bridgehead atoms. The minimum absolute atomic E-state index is 0. The second kappa shape index (κ2) is 19.4. The van der Waals surface area contributed by atoms with Crippen LogP contribution in [0.15, 0.2) is 206 Å². The van der Waals surface area contributed by atoms with Crippen molar-refractivity contribution in [3.63, 3.8) is 0 Å². The number of benzene rings is 9. The van der Waals surface area contributed by atoms with Gasteiger partial charge in [-0.3, -0.25) is 4.57 Å². The van der Waals surface area contributed by atoms with Gasteiger partial charge in [-0.2, -0.15) is 18.2 Å². The zero-order valence-corrected chi connectivity index (χ0v) is 45.6. The predicted octanol–water partition coefficient (Wildman–Crippen LogP) is 17.2. The molecule has 0 fully saturated rings. The fraction of sp³-hybridized carbons (Fsp3) is 0.143. The number of fused-ring (bicyclic) bond motifs is 7. The van der Waals surface area contributed by atoms with Gasteiger partial charge in [-0.15, -0.1) is 29.7 Å². The molecule has 6 nitrogen and oxygen atoms in total. The summed E-state index contributed by atoms with van der Waals surface area (Å²) in [6.07, 6.45) is 6.11. The molecule has 7 heteroatoms. The quantitative estimate of drug-likeness (QED) is 0.107. The predicted molar refractivity (Wildman–Crippen MR) is 312 cm³/mol. The van der Waals surface area contributed by atoms with Gasteiger partial charge in [0.25, 0.3) is 6.33 Å². The topological polar surface area (TPSA) is 40.8 Å². The number of hydrogen-bond acceptors (Lipinski definition) is 2. The van der Waals surface area contributed by atoms with E-state index >= 15 is 0 Å². The summed E-state index contributed by atoms with van der Waals surface area (Å²) in [5.41, 5.74) is 9.11. The van der Waals surface area contributed by atoms with Gasteiger partial charge in [0.05, 0.1) is 45.6 Å². The SMILES string of the molecule is [2H]c1c([2H])c([2H])c(-c2cccc(-c3cc(C(C)(C)C)cc(C(C)(C)C)c3)c2-[n+]2[c-]n(-c3[c-]c(Oc4[c-]c5c(cc4)c4cc(-n6c7c([2H])c([2H])c([2H])c([2H])c7c7c([2H])c([2H])c([2H])c([2H])c76)ccc4n5-c4cc(CC)ccn4)ccc3)c3ccccc32)c([2H])c1[2H].[Pt]. The van der Waals surface area contributed by atoms with Gasteiger partial charge in [-0.25, -0.2) is 4.98 Å². The molecule has 13 rings (SSSR count). The van der Waals surface area contributed by atoms with E-state index in [-0.39, 0.29) is 71.3 Å². The van der Waals surface area contributed by atoms with E-state index in [0.29, 0.717) is 67.3 Å². The summed E-state index contributed by atoms with van der Waals surface area (Å²) in [5.74, 6) is 1.26. The van der Waals surface area contributed by atoms with Crippen molar-refractivity contribution in [1.82, 2.24) is 18.7 Å². The Hall–Kier alpha value is -8.31. The number of para-hydroxylation sites is 5. The van der Waals surface area contributed by atoms with Gasteiger partial charge in [0, 0.05) is 60.7 Å². The molecular weight excluding hydrogens is 1120 g/mol. The summed E-state index contributed by atoms with van der Waals surface area (Å²) in [4.78, 5) is 4.83. The van der Waals surface area contributed by atoms with Gasteiger partial charge >= 0.3 is 0 Å². The van der Waals surface area contributed by atoms with E-state index in [1.165, 1.54) is 4.57 Å². The van der Waals surface area contributed by atoms with Crippen molar-refractivity contribution in [2.75, 3.05) is 0 Å². The molecule has 0 spiro atoms. The Balaban J connectivity index is 0.00000785. The number of aryl methyl sites for hydroxylation is 1. The summed E-state index contributed by atoms with van der Waals surface area (Å²) < 4.78 is 129. The number of ether oxygens (including phenoxy) is 1. The first-order valence-corrected chi connectivity index (χ1v) is 25.3. The zero-order chi connectivity index (χ0) is 63.2. The van der Waals surface area contributed by atoms with Gasteiger partial charge in [-0.1, -0.05) is 181 Å². The fourth-order valence-corrected chi connectivity index (χ4v) is 10.2. The first kappa shape index (κ1) is 36.6. The molecule has 0 amide bonds. The Morgan fingerprint density at radius 3 is 1.94 bits per heavy atom. The smallest absolute Gasteiger partial charge is 0.268 e. The molecule has 77 heavy (non-hydrogen) atoms. The third kappa shape index (κ3) is 8.75. The summed E-state index contributed by atoms with van der Waals surface area (Å²) in [6.45, 7) is 15.1. The van der Waals surface area contributed by atoms with Gasteiger partial charge in [0.2, 0.25) is 0 Å². The van der Waals surface area contributed by atoms with E-state index in [1.54, 1.807) is 30.5 Å². The van der Waals surface area contributed by atoms with Crippen LogP contribution in [0.2, 0.25) is 0 Å². The largest absolute Gasteiger partial charge is 0.510 e. The van der Waals surface area contributed by atoms with Crippen molar-refractivity contribution < 1.29 is 48.2 Å². The third-order valence-corrected chi connectivity index (χ3v) is 14.2. The van der Waals surface area contributed by atoms with Crippen LogP contribution < -0.4 is 9.30 Å². The summed E-state index contributed by atoms with van der Waals surface area (Å²) in [5, 5.41) is 1.36. The average molecular weight is 1190 g/mol. The van der Waals surface area contributed by atoms with Crippen molar-refractivity contribution in [1.29, 1.82) is 0 Å². The molecule has 4 aromatic heterocycles. The van der Waals surface area contributed by atoms with Crippen LogP contribution in [0.1, 0.15) is 83.0 Å². The van der Waals surface area contributed by atoms with E-state index < -0.39 is 66.5 Å². The molecule has 0 aliphatic rings. The van der Waals surface area contributed by atoms with E-state index in [4.69, 9.17) is 24.8 Å². The van der Waals surface area contributed by atoms with Crippen molar-refractivity contribution >= 4 is 54.6 Å². The Morgan fingerprint density at radius 2 is 1.22 bits per heavy atom. The van der Waals surface area contributed by atoms with E-state index in [0.717, 1.165) is 39.8 Å². The van der Waals surface area contributed by atoms with Gasteiger partial charge in [0.15, 0.2) is 0 Å². The van der Waals surface area contributed by atoms with Crippen LogP contribution in [0, 0.1) is 18.5 Å². The van der Waals surface area contributed by atoms with Crippen LogP contribution in [-0.4, -0.2) is 18.7 Å². The maximum atomic E-state index is 9.27. The number of rotatable bonds is 9. The second-order valence-electron chi connectivity index (χ2n) is 21.0. The first-order chi connectivity index (χ1) is 42.3.